The Morgan fingerprint density at radius 3 is 2.23 bits per heavy atom. The first-order valence-electron chi connectivity index (χ1n) is 12.3. The molecule has 0 radical (unpaired) electrons. The van der Waals surface area contributed by atoms with Gasteiger partial charge in [0.05, 0.1) is 35.6 Å². The van der Waals surface area contributed by atoms with Gasteiger partial charge in [-0.25, -0.2) is 9.59 Å². The number of phenolic OH excluding ortho intramolecular Hbond substituents is 1. The summed E-state index contributed by atoms with van der Waals surface area (Å²) in [6, 6.07) is 11.3. The van der Waals surface area contributed by atoms with Crippen molar-refractivity contribution in [1.29, 1.82) is 10.7 Å². The lowest BCUT2D eigenvalue weighted by molar-refractivity contribution is -0.137. The number of nitriles is 1. The number of hydrogen-bond donors (Lipinski definition) is 5. The van der Waals surface area contributed by atoms with Crippen LogP contribution in [0.1, 0.15) is 34.0 Å². The number of nitrogens with zero attached hydrogens (tertiary/aromatic N) is 2. The summed E-state index contributed by atoms with van der Waals surface area (Å²) in [6.45, 7) is 1.14. The van der Waals surface area contributed by atoms with Crippen LogP contribution >= 0.6 is 0 Å². The van der Waals surface area contributed by atoms with E-state index < -0.39 is 46.7 Å². The molecule has 3 rings (SSSR count). The quantitative estimate of drug-likeness (QED) is 0.178. The van der Waals surface area contributed by atoms with Crippen molar-refractivity contribution in [2.75, 3.05) is 36.7 Å². The molecule has 0 saturated heterocycles. The maximum absolute atomic E-state index is 13.8. The van der Waals surface area contributed by atoms with Crippen LogP contribution < -0.4 is 15.5 Å². The van der Waals surface area contributed by atoms with Gasteiger partial charge in [0.2, 0.25) is 5.91 Å². The van der Waals surface area contributed by atoms with E-state index in [4.69, 9.17) is 15.8 Å². The molecule has 15 heteroatoms. The van der Waals surface area contributed by atoms with Gasteiger partial charge < -0.3 is 25.6 Å². The summed E-state index contributed by atoms with van der Waals surface area (Å²) in [7, 11) is 3.92. The average molecular weight is 614 g/mol. The Morgan fingerprint density at radius 1 is 1.07 bits per heavy atom. The zero-order valence-electron chi connectivity index (χ0n) is 23.7. The van der Waals surface area contributed by atoms with Crippen LogP contribution in [0.15, 0.2) is 48.5 Å². The number of alkyl halides is 3. The summed E-state index contributed by atoms with van der Waals surface area (Å²) in [5.41, 5.74) is -1.98. The summed E-state index contributed by atoms with van der Waals surface area (Å²) < 4.78 is 46.0. The highest BCUT2D eigenvalue weighted by Gasteiger charge is 2.35. The predicted octanol–water partition coefficient (Wildman–Crippen LogP) is 5.10. The van der Waals surface area contributed by atoms with Gasteiger partial charge in [-0.2, -0.15) is 18.4 Å². The highest BCUT2D eigenvalue weighted by Crippen LogP contribution is 2.44. The second-order valence-electron chi connectivity index (χ2n) is 8.81. The largest absolute Gasteiger partial charge is 0.507 e. The first-order chi connectivity index (χ1) is 20.6. The molecule has 0 bridgehead atoms. The van der Waals surface area contributed by atoms with E-state index in [2.05, 4.69) is 15.4 Å². The number of anilines is 3. The third kappa shape index (κ3) is 8.10. The fourth-order valence-electron chi connectivity index (χ4n) is 3.89. The number of benzene rings is 3. The van der Waals surface area contributed by atoms with Crippen molar-refractivity contribution in [1.82, 2.24) is 0 Å². The van der Waals surface area contributed by atoms with Gasteiger partial charge in [0.25, 0.3) is 0 Å². The van der Waals surface area contributed by atoms with E-state index in [1.807, 2.05) is 6.07 Å². The van der Waals surface area contributed by atoms with Crippen molar-refractivity contribution in [2.24, 2.45) is 0 Å². The zero-order chi connectivity index (χ0) is 33.4. The molecule has 0 aliphatic heterocycles. The number of aldehydes is 1. The summed E-state index contributed by atoms with van der Waals surface area (Å²) in [4.78, 5) is 45.8. The molecular weight excluding hydrogens is 587 g/mol. The monoisotopic (exact) mass is 613 g/mol. The Bertz CT molecular complexity index is 1670. The van der Waals surface area contributed by atoms with Crippen LogP contribution in [-0.2, 0) is 20.5 Å². The fourth-order valence-corrected chi connectivity index (χ4v) is 3.89. The van der Waals surface area contributed by atoms with Crippen LogP contribution in [0, 0.1) is 16.7 Å². The lowest BCUT2D eigenvalue weighted by Crippen LogP contribution is -2.27. The fraction of sp³-hybridized carbons (Fsp3) is 0.172. The molecule has 0 heterocycles. The molecule has 0 saturated carbocycles. The molecule has 0 aromatic heterocycles. The molecule has 3 aromatic rings. The smallest absolute Gasteiger partial charge is 0.417 e. The number of carbonyl (C=O) groups is 4. The minimum atomic E-state index is -4.85. The molecular formula is C29H26F3N5O7. The summed E-state index contributed by atoms with van der Waals surface area (Å²) in [5.74, 6) is -2.24. The molecule has 3 aromatic carbocycles. The van der Waals surface area contributed by atoms with Crippen molar-refractivity contribution in [3.8, 4) is 22.9 Å². The summed E-state index contributed by atoms with van der Waals surface area (Å²) >= 11 is 0. The number of carboxylic acids is 1. The zero-order valence-corrected chi connectivity index (χ0v) is 23.7. The number of phenols is 1. The van der Waals surface area contributed by atoms with Crippen molar-refractivity contribution in [3.63, 3.8) is 0 Å². The van der Waals surface area contributed by atoms with Crippen LogP contribution in [0.4, 0.5) is 35.0 Å². The second kappa shape index (κ2) is 14.3. The minimum Gasteiger partial charge on any atom is -0.507 e. The van der Waals surface area contributed by atoms with Crippen molar-refractivity contribution < 1.29 is 47.3 Å². The molecule has 2 amide bonds. The topological polar surface area (TPSA) is 193 Å². The lowest BCUT2D eigenvalue weighted by Gasteiger charge is -2.23. The molecule has 0 fully saturated rings. The number of aromatic hydroxyl groups is 1. The number of carboxylic acid groups (broad SMARTS) is 1. The predicted molar refractivity (Wildman–Crippen MR) is 154 cm³/mol. The number of ether oxygens (including phenoxy) is 1. The third-order valence-electron chi connectivity index (χ3n) is 5.92. The van der Waals surface area contributed by atoms with E-state index in [0.717, 1.165) is 43.2 Å². The van der Waals surface area contributed by atoms with Gasteiger partial charge in [0.15, 0.2) is 6.29 Å². The van der Waals surface area contributed by atoms with Crippen LogP contribution in [0.2, 0.25) is 0 Å². The second-order valence-corrected chi connectivity index (χ2v) is 8.81. The molecule has 0 unspecified atom stereocenters. The molecule has 0 aliphatic carbocycles. The Labute approximate surface area is 248 Å². The first-order valence-corrected chi connectivity index (χ1v) is 12.3. The Morgan fingerprint density at radius 2 is 1.73 bits per heavy atom. The van der Waals surface area contributed by atoms with Gasteiger partial charge in [-0.3, -0.25) is 19.9 Å². The van der Waals surface area contributed by atoms with Crippen LogP contribution in [0.5, 0.6) is 5.75 Å². The minimum absolute atomic E-state index is 0.102. The highest BCUT2D eigenvalue weighted by atomic mass is 19.4. The van der Waals surface area contributed by atoms with Crippen LogP contribution in [-0.4, -0.2) is 61.4 Å². The SMILES string of the molecule is CNc1ccc(C#N)cc1C(=O)O.COC(=O)N(C)c1cc(C(=N)C=O)c(O)cc1-c1ccc(NC(C)=O)cc1C(F)(F)F. The number of amides is 2. The molecule has 12 nitrogen and oxygen atoms in total. The standard InChI is InChI=1S/C20H18F3N3O5.C9H8N2O2/c1-10(28)25-11-4-5-12(15(6-11)20(21,22)23)13-8-18(29)14(16(24)9-27)7-17(13)26(2)19(30)31-3;1-11-8-3-2-6(5-10)4-7(8)9(12)13/h4-9,24,29H,1-3H3,(H,25,28);2-4,11H,1H3,(H,12,13). The number of halogens is 3. The summed E-state index contributed by atoms with van der Waals surface area (Å²) in [5, 5.41) is 40.2. The number of nitrogens with one attached hydrogen (secondary N) is 3. The Hall–Kier alpha value is -5.91. The lowest BCUT2D eigenvalue weighted by atomic mass is 9.94. The molecule has 44 heavy (non-hydrogen) atoms. The van der Waals surface area contributed by atoms with E-state index in [1.165, 1.54) is 19.2 Å². The van der Waals surface area contributed by atoms with Crippen molar-refractivity contribution in [2.45, 2.75) is 13.1 Å². The number of carbonyl (C=O) groups excluding carboxylic acids is 3. The average Bonchev–Trinajstić information content (AvgIpc) is 2.98. The van der Waals surface area contributed by atoms with Crippen molar-refractivity contribution in [3.05, 3.63) is 70.8 Å². The number of hydrogen-bond acceptors (Lipinski definition) is 9. The van der Waals surface area contributed by atoms with Crippen LogP contribution in [0.25, 0.3) is 11.1 Å². The third-order valence-corrected chi connectivity index (χ3v) is 5.92. The molecule has 0 atom stereocenters. The van der Waals surface area contributed by atoms with E-state index in [0.29, 0.717) is 11.3 Å². The van der Waals surface area contributed by atoms with Gasteiger partial charge in [-0.1, -0.05) is 6.07 Å². The maximum atomic E-state index is 13.8. The molecule has 5 N–H and O–H groups in total. The summed E-state index contributed by atoms with van der Waals surface area (Å²) in [6.07, 6.45) is -5.65. The number of rotatable bonds is 7. The molecule has 230 valence electrons. The van der Waals surface area contributed by atoms with E-state index in [-0.39, 0.29) is 34.4 Å². The molecule has 0 aliphatic rings. The number of aromatic carboxylic acids is 1. The molecule has 0 spiro atoms. The van der Waals surface area contributed by atoms with Gasteiger partial charge in [-0.05, 0) is 48.0 Å². The van der Waals surface area contributed by atoms with Gasteiger partial charge >= 0.3 is 18.2 Å². The maximum Gasteiger partial charge on any atom is 0.417 e. The van der Waals surface area contributed by atoms with E-state index >= 15 is 0 Å². The highest BCUT2D eigenvalue weighted by molar-refractivity contribution is 6.35. The first kappa shape index (κ1) is 34.3. The Kier molecular flexibility index (Phi) is 11.2. The normalized spacial score (nSPS) is 10.3. The number of methoxy groups -OCH3 is 1. The van der Waals surface area contributed by atoms with E-state index in [9.17, 15) is 37.5 Å². The van der Waals surface area contributed by atoms with Gasteiger partial charge in [0, 0.05) is 43.5 Å². The van der Waals surface area contributed by atoms with Gasteiger partial charge in [0.1, 0.15) is 11.5 Å². The van der Waals surface area contributed by atoms with E-state index in [1.54, 1.807) is 19.2 Å². The van der Waals surface area contributed by atoms with Crippen molar-refractivity contribution >= 4 is 47.0 Å². The van der Waals surface area contributed by atoms with Crippen LogP contribution in [0.3, 0.4) is 0 Å². The Balaban J connectivity index is 0.000000432. The van der Waals surface area contributed by atoms with Gasteiger partial charge in [-0.15, -0.1) is 0 Å².